The lowest BCUT2D eigenvalue weighted by molar-refractivity contribution is -0.123. The van der Waals surface area contributed by atoms with Crippen molar-refractivity contribution in [2.75, 3.05) is 0 Å². The molecule has 5 heteroatoms. The fourth-order valence-corrected chi connectivity index (χ4v) is 2.42. The summed E-state index contributed by atoms with van der Waals surface area (Å²) in [4.78, 5) is 15.5. The predicted octanol–water partition coefficient (Wildman–Crippen LogP) is 2.49. The van der Waals surface area contributed by atoms with Crippen molar-refractivity contribution in [3.63, 3.8) is 0 Å². The number of hydrogen-bond donors (Lipinski definition) is 1. The fourth-order valence-electron chi connectivity index (χ4n) is 2.42. The number of nitrogens with two attached hydrogens (primary N) is 1. The van der Waals surface area contributed by atoms with Crippen LogP contribution in [0.15, 0.2) is 48.8 Å². The molecule has 2 aromatic heterocycles. The topological polar surface area (TPSA) is 70.1 Å². The fraction of sp³-hybridized carbons (Fsp3) is 0.176. The smallest absolute Gasteiger partial charge is 0.258 e. The van der Waals surface area contributed by atoms with Crippen molar-refractivity contribution in [1.29, 1.82) is 0 Å². The number of amides is 1. The quantitative estimate of drug-likeness (QED) is 0.804. The second-order valence-electron chi connectivity index (χ2n) is 5.21. The number of benzene rings is 1. The van der Waals surface area contributed by atoms with Gasteiger partial charge < -0.3 is 15.0 Å². The monoisotopic (exact) mass is 295 g/mol. The number of pyridine rings is 1. The predicted molar refractivity (Wildman–Crippen MR) is 85.4 cm³/mol. The summed E-state index contributed by atoms with van der Waals surface area (Å²) in [5, 5.41) is 1.07. The molecule has 0 aliphatic carbocycles. The van der Waals surface area contributed by atoms with Crippen molar-refractivity contribution in [1.82, 2.24) is 9.55 Å². The Labute approximate surface area is 128 Å². The minimum absolute atomic E-state index is 0.486. The third-order valence-corrected chi connectivity index (χ3v) is 3.63. The molecule has 2 N–H and O–H groups in total. The SMILES string of the molecule is C[C@@H](Oc1cccc(-c2ccnc3c2ccn3C)c1)C(N)=O. The van der Waals surface area contributed by atoms with E-state index in [1.807, 2.05) is 54.2 Å². The third-order valence-electron chi connectivity index (χ3n) is 3.63. The maximum absolute atomic E-state index is 11.1. The molecule has 0 bridgehead atoms. The second-order valence-corrected chi connectivity index (χ2v) is 5.21. The molecule has 0 radical (unpaired) electrons. The first-order valence-electron chi connectivity index (χ1n) is 7.02. The largest absolute Gasteiger partial charge is 0.481 e. The van der Waals surface area contributed by atoms with E-state index >= 15 is 0 Å². The van der Waals surface area contributed by atoms with Crippen LogP contribution in [0, 0.1) is 0 Å². The maximum Gasteiger partial charge on any atom is 0.258 e. The lowest BCUT2D eigenvalue weighted by Crippen LogP contribution is -2.30. The average molecular weight is 295 g/mol. The van der Waals surface area contributed by atoms with Crippen LogP contribution in [0.5, 0.6) is 5.75 Å². The van der Waals surface area contributed by atoms with Gasteiger partial charge in [0.15, 0.2) is 6.10 Å². The third kappa shape index (κ3) is 2.53. The first-order valence-corrected chi connectivity index (χ1v) is 7.02. The van der Waals surface area contributed by atoms with Crippen LogP contribution in [0.25, 0.3) is 22.2 Å². The standard InChI is InChI=1S/C17H17N3O2/c1-11(16(18)21)22-13-5-3-4-12(10-13)14-6-8-19-17-15(14)7-9-20(17)2/h3-11H,1-2H3,(H2,18,21)/t11-/m1/s1. The van der Waals surface area contributed by atoms with Crippen LogP contribution in [-0.2, 0) is 11.8 Å². The number of rotatable bonds is 4. The minimum Gasteiger partial charge on any atom is -0.481 e. The van der Waals surface area contributed by atoms with Gasteiger partial charge in [0, 0.05) is 24.8 Å². The number of hydrogen-bond acceptors (Lipinski definition) is 3. The molecule has 1 amide bonds. The summed E-state index contributed by atoms with van der Waals surface area (Å²) in [5.74, 6) is 0.129. The number of carbonyl (C=O) groups excluding carboxylic acids is 1. The van der Waals surface area contributed by atoms with Crippen molar-refractivity contribution in [3.05, 3.63) is 48.8 Å². The van der Waals surface area contributed by atoms with E-state index in [-0.39, 0.29) is 0 Å². The van der Waals surface area contributed by atoms with Crippen LogP contribution >= 0.6 is 0 Å². The van der Waals surface area contributed by atoms with Crippen molar-refractivity contribution in [2.24, 2.45) is 12.8 Å². The van der Waals surface area contributed by atoms with Crippen LogP contribution in [0.1, 0.15) is 6.92 Å². The Morgan fingerprint density at radius 2 is 2.14 bits per heavy atom. The molecule has 0 aliphatic heterocycles. The van der Waals surface area contributed by atoms with E-state index in [4.69, 9.17) is 10.5 Å². The highest BCUT2D eigenvalue weighted by Crippen LogP contribution is 2.30. The van der Waals surface area contributed by atoms with Gasteiger partial charge in [0.2, 0.25) is 0 Å². The number of aromatic nitrogens is 2. The molecular formula is C17H17N3O2. The highest BCUT2D eigenvalue weighted by molar-refractivity contribution is 5.93. The van der Waals surface area contributed by atoms with Gasteiger partial charge in [0.05, 0.1) is 0 Å². The summed E-state index contributed by atoms with van der Waals surface area (Å²) in [7, 11) is 1.97. The molecule has 22 heavy (non-hydrogen) atoms. The van der Waals surface area contributed by atoms with Gasteiger partial charge in [-0.15, -0.1) is 0 Å². The molecule has 3 aromatic rings. The van der Waals surface area contributed by atoms with E-state index in [0.717, 1.165) is 22.2 Å². The molecule has 0 spiro atoms. The molecule has 0 aliphatic rings. The second kappa shape index (κ2) is 5.52. The van der Waals surface area contributed by atoms with Gasteiger partial charge in [-0.1, -0.05) is 12.1 Å². The van der Waals surface area contributed by atoms with Gasteiger partial charge >= 0.3 is 0 Å². The lowest BCUT2D eigenvalue weighted by atomic mass is 10.0. The molecule has 3 rings (SSSR count). The maximum atomic E-state index is 11.1. The minimum atomic E-state index is -0.663. The molecule has 0 fully saturated rings. The molecule has 0 saturated heterocycles. The zero-order valence-corrected chi connectivity index (χ0v) is 12.5. The Morgan fingerprint density at radius 3 is 2.91 bits per heavy atom. The summed E-state index contributed by atoms with van der Waals surface area (Å²) in [6.45, 7) is 1.64. The normalized spacial score (nSPS) is 12.3. The lowest BCUT2D eigenvalue weighted by Gasteiger charge is -2.12. The number of primary amides is 1. The van der Waals surface area contributed by atoms with E-state index in [0.29, 0.717) is 5.75 Å². The Bertz CT molecular complexity index is 839. The first kappa shape index (κ1) is 14.1. The number of aryl methyl sites for hydroxylation is 1. The van der Waals surface area contributed by atoms with E-state index in [9.17, 15) is 4.79 Å². The molecule has 1 aromatic carbocycles. The highest BCUT2D eigenvalue weighted by Gasteiger charge is 2.12. The van der Waals surface area contributed by atoms with Crippen LogP contribution in [0.2, 0.25) is 0 Å². The summed E-state index contributed by atoms with van der Waals surface area (Å²) < 4.78 is 7.54. The Kier molecular flexibility index (Phi) is 3.55. The average Bonchev–Trinajstić information content (AvgIpc) is 2.89. The Morgan fingerprint density at radius 1 is 1.32 bits per heavy atom. The van der Waals surface area contributed by atoms with Crippen molar-refractivity contribution >= 4 is 16.9 Å². The van der Waals surface area contributed by atoms with Crippen LogP contribution < -0.4 is 10.5 Å². The summed E-state index contributed by atoms with van der Waals surface area (Å²) >= 11 is 0. The number of fused-ring (bicyclic) bond motifs is 1. The molecular weight excluding hydrogens is 278 g/mol. The van der Waals surface area contributed by atoms with Gasteiger partial charge in [-0.2, -0.15) is 0 Å². The molecule has 0 unspecified atom stereocenters. The van der Waals surface area contributed by atoms with Crippen molar-refractivity contribution < 1.29 is 9.53 Å². The van der Waals surface area contributed by atoms with E-state index in [2.05, 4.69) is 4.98 Å². The number of nitrogens with zero attached hydrogens (tertiary/aromatic N) is 2. The molecule has 2 heterocycles. The van der Waals surface area contributed by atoms with Gasteiger partial charge in [0.25, 0.3) is 5.91 Å². The van der Waals surface area contributed by atoms with Crippen molar-refractivity contribution in [3.8, 4) is 16.9 Å². The summed E-state index contributed by atoms with van der Waals surface area (Å²) in [6.07, 6.45) is 3.11. The Balaban J connectivity index is 2.02. The molecule has 1 atom stereocenters. The van der Waals surface area contributed by atoms with Crippen LogP contribution in [0.3, 0.4) is 0 Å². The molecule has 5 nitrogen and oxygen atoms in total. The van der Waals surface area contributed by atoms with Crippen LogP contribution in [-0.4, -0.2) is 21.6 Å². The molecule has 112 valence electrons. The van der Waals surface area contributed by atoms with Gasteiger partial charge in [-0.05, 0) is 42.3 Å². The highest BCUT2D eigenvalue weighted by atomic mass is 16.5. The Hall–Kier alpha value is -2.82. The van der Waals surface area contributed by atoms with E-state index < -0.39 is 12.0 Å². The van der Waals surface area contributed by atoms with Gasteiger partial charge in [-0.25, -0.2) is 4.98 Å². The number of ether oxygens (including phenoxy) is 1. The molecule has 0 saturated carbocycles. The van der Waals surface area contributed by atoms with Gasteiger partial charge in [0.1, 0.15) is 11.4 Å². The zero-order valence-electron chi connectivity index (χ0n) is 12.5. The van der Waals surface area contributed by atoms with Gasteiger partial charge in [-0.3, -0.25) is 4.79 Å². The van der Waals surface area contributed by atoms with Crippen molar-refractivity contribution in [2.45, 2.75) is 13.0 Å². The number of carbonyl (C=O) groups is 1. The van der Waals surface area contributed by atoms with E-state index in [1.165, 1.54) is 0 Å². The van der Waals surface area contributed by atoms with E-state index in [1.54, 1.807) is 13.1 Å². The zero-order chi connectivity index (χ0) is 15.7. The summed E-state index contributed by atoms with van der Waals surface area (Å²) in [6, 6.07) is 11.6. The summed E-state index contributed by atoms with van der Waals surface area (Å²) in [5.41, 5.74) is 8.24. The van der Waals surface area contributed by atoms with Crippen LogP contribution in [0.4, 0.5) is 0 Å². The first-order chi connectivity index (χ1) is 10.6.